The van der Waals surface area contributed by atoms with Gasteiger partial charge in [-0.25, -0.2) is 0 Å². The predicted molar refractivity (Wildman–Crippen MR) is 43.9 cm³/mol. The molecule has 1 rings (SSSR count). The molecule has 0 aliphatic carbocycles. The minimum absolute atomic E-state index is 0.557. The molecular weight excluding hydrogens is 248 g/mol. The zero-order chi connectivity index (χ0) is 10.2. The number of aliphatic hydroxyl groups excluding tert-OH is 4. The zero-order valence-electron chi connectivity index (χ0n) is 6.54. The van der Waals surface area contributed by atoms with Crippen LogP contribution in [0.2, 0.25) is 0 Å². The molecule has 0 spiro atoms. The number of aliphatic hydroxyl groups is 5. The summed E-state index contributed by atoms with van der Waals surface area (Å²) in [5.41, 5.74) is 0. The van der Waals surface area contributed by atoms with Crippen molar-refractivity contribution in [1.82, 2.24) is 0 Å². The third kappa shape index (κ3) is 1.86. The molecule has 0 unspecified atom stereocenters. The Balaban J connectivity index is 2.79. The average molecular weight is 259 g/mol. The molecule has 1 aliphatic rings. The standard InChI is InChI=1S/C6H11BrO6/c7-6(12)4(10)3(9)2(1-8)13-5(6)11/h2-5,8-12H,1H2/t2-,3-,4+,5+,6-/m1/s1. The van der Waals surface area contributed by atoms with Gasteiger partial charge >= 0.3 is 0 Å². The van der Waals surface area contributed by atoms with Crippen LogP contribution in [0, 0.1) is 0 Å². The Hall–Kier alpha value is 0.240. The van der Waals surface area contributed by atoms with Gasteiger partial charge in [0.1, 0.15) is 18.3 Å². The maximum absolute atomic E-state index is 9.35. The minimum atomic E-state index is -2.11. The Morgan fingerprint density at radius 2 is 1.85 bits per heavy atom. The predicted octanol–water partition coefficient (Wildman–Crippen LogP) is -2.50. The largest absolute Gasteiger partial charge is 0.394 e. The van der Waals surface area contributed by atoms with Crippen LogP contribution in [0.3, 0.4) is 0 Å². The molecule has 0 aromatic carbocycles. The van der Waals surface area contributed by atoms with Gasteiger partial charge in [-0.3, -0.25) is 0 Å². The van der Waals surface area contributed by atoms with Gasteiger partial charge in [-0.1, -0.05) is 0 Å². The van der Waals surface area contributed by atoms with E-state index in [1.807, 2.05) is 0 Å². The second-order valence-corrected chi connectivity index (χ2v) is 4.14. The fourth-order valence-corrected chi connectivity index (χ4v) is 1.46. The molecule has 7 heteroatoms. The zero-order valence-corrected chi connectivity index (χ0v) is 8.12. The first-order chi connectivity index (χ1) is 5.91. The maximum Gasteiger partial charge on any atom is 0.199 e. The number of hydrogen-bond acceptors (Lipinski definition) is 6. The third-order valence-corrected chi connectivity index (χ3v) is 2.81. The van der Waals surface area contributed by atoms with Crippen molar-refractivity contribution in [3.8, 4) is 0 Å². The van der Waals surface area contributed by atoms with E-state index in [9.17, 15) is 15.3 Å². The van der Waals surface area contributed by atoms with Crippen molar-refractivity contribution in [2.45, 2.75) is 29.1 Å². The van der Waals surface area contributed by atoms with Crippen molar-refractivity contribution in [2.24, 2.45) is 0 Å². The highest BCUT2D eigenvalue weighted by atomic mass is 79.9. The molecule has 0 amide bonds. The van der Waals surface area contributed by atoms with Crippen molar-refractivity contribution in [3.05, 3.63) is 0 Å². The van der Waals surface area contributed by atoms with Gasteiger partial charge in [0, 0.05) is 0 Å². The first-order valence-electron chi connectivity index (χ1n) is 3.63. The van der Waals surface area contributed by atoms with Crippen molar-refractivity contribution >= 4 is 15.9 Å². The Morgan fingerprint density at radius 3 is 2.31 bits per heavy atom. The van der Waals surface area contributed by atoms with Gasteiger partial charge in [0.25, 0.3) is 0 Å². The summed E-state index contributed by atoms with van der Waals surface area (Å²) in [7, 11) is 0. The molecule has 0 aromatic heterocycles. The van der Waals surface area contributed by atoms with Gasteiger partial charge in [-0.15, -0.1) is 0 Å². The van der Waals surface area contributed by atoms with Gasteiger partial charge in [0.2, 0.25) is 0 Å². The lowest BCUT2D eigenvalue weighted by Crippen LogP contribution is -2.63. The highest BCUT2D eigenvalue weighted by molar-refractivity contribution is 9.10. The Kier molecular flexibility index (Phi) is 3.29. The lowest BCUT2D eigenvalue weighted by molar-refractivity contribution is -0.296. The van der Waals surface area contributed by atoms with E-state index < -0.39 is 35.7 Å². The molecule has 0 aromatic rings. The fraction of sp³-hybridized carbons (Fsp3) is 1.00. The van der Waals surface area contributed by atoms with Gasteiger partial charge in [-0.05, 0) is 15.9 Å². The Bertz CT molecular complexity index is 186. The van der Waals surface area contributed by atoms with Gasteiger partial charge in [-0.2, -0.15) is 0 Å². The summed E-state index contributed by atoms with van der Waals surface area (Å²) in [4.78, 5) is 0. The summed E-state index contributed by atoms with van der Waals surface area (Å²) in [6.45, 7) is -0.557. The molecule has 1 aliphatic heterocycles. The van der Waals surface area contributed by atoms with Crippen LogP contribution in [0.25, 0.3) is 0 Å². The van der Waals surface area contributed by atoms with E-state index in [0.29, 0.717) is 0 Å². The lowest BCUT2D eigenvalue weighted by atomic mass is 9.99. The molecule has 1 saturated heterocycles. The van der Waals surface area contributed by atoms with E-state index in [1.54, 1.807) is 0 Å². The second kappa shape index (κ2) is 3.77. The summed E-state index contributed by atoms with van der Waals surface area (Å²) >= 11 is 2.61. The first-order valence-corrected chi connectivity index (χ1v) is 4.42. The molecule has 0 bridgehead atoms. The van der Waals surface area contributed by atoms with E-state index in [-0.39, 0.29) is 0 Å². The van der Waals surface area contributed by atoms with Crippen LogP contribution in [-0.4, -0.2) is 61.3 Å². The average Bonchev–Trinajstić information content (AvgIpc) is 2.09. The van der Waals surface area contributed by atoms with Crippen LogP contribution in [0.1, 0.15) is 0 Å². The van der Waals surface area contributed by atoms with Crippen LogP contribution >= 0.6 is 15.9 Å². The van der Waals surface area contributed by atoms with Crippen LogP contribution < -0.4 is 0 Å². The molecule has 1 heterocycles. The Morgan fingerprint density at radius 1 is 1.31 bits per heavy atom. The van der Waals surface area contributed by atoms with Crippen molar-refractivity contribution < 1.29 is 30.3 Å². The summed E-state index contributed by atoms with van der Waals surface area (Å²) in [5.74, 6) is 0. The summed E-state index contributed by atoms with van der Waals surface area (Å²) in [5, 5.41) is 45.7. The number of rotatable bonds is 1. The molecule has 0 radical (unpaired) electrons. The van der Waals surface area contributed by atoms with E-state index in [2.05, 4.69) is 20.7 Å². The lowest BCUT2D eigenvalue weighted by Gasteiger charge is -2.42. The first kappa shape index (κ1) is 11.3. The number of ether oxygens (including phenoxy) is 1. The number of halogens is 1. The van der Waals surface area contributed by atoms with Crippen molar-refractivity contribution in [1.29, 1.82) is 0 Å². The molecular formula is C6H11BrO6. The van der Waals surface area contributed by atoms with Crippen molar-refractivity contribution in [3.63, 3.8) is 0 Å². The summed E-state index contributed by atoms with van der Waals surface area (Å²) in [6.07, 6.45) is -5.91. The molecule has 5 N–H and O–H groups in total. The minimum Gasteiger partial charge on any atom is -0.394 e. The summed E-state index contributed by atoms with van der Waals surface area (Å²) < 4.78 is 2.52. The van der Waals surface area contributed by atoms with Crippen molar-refractivity contribution in [2.75, 3.05) is 6.61 Å². The number of hydrogen-bond donors (Lipinski definition) is 5. The van der Waals surface area contributed by atoms with Gasteiger partial charge in [0.15, 0.2) is 10.8 Å². The molecule has 0 saturated carbocycles. The van der Waals surface area contributed by atoms with Crippen LogP contribution in [0.15, 0.2) is 0 Å². The normalized spacial score (nSPS) is 52.2. The van der Waals surface area contributed by atoms with Gasteiger partial charge in [0.05, 0.1) is 6.61 Å². The molecule has 78 valence electrons. The molecule has 13 heavy (non-hydrogen) atoms. The van der Waals surface area contributed by atoms with Gasteiger partial charge < -0.3 is 30.3 Å². The third-order valence-electron chi connectivity index (χ3n) is 1.95. The van der Waals surface area contributed by atoms with E-state index in [0.717, 1.165) is 0 Å². The van der Waals surface area contributed by atoms with Crippen LogP contribution in [-0.2, 0) is 4.74 Å². The fourth-order valence-electron chi connectivity index (χ4n) is 1.08. The highest BCUT2D eigenvalue weighted by Gasteiger charge is 2.52. The quantitative estimate of drug-likeness (QED) is 0.333. The molecule has 6 nitrogen and oxygen atoms in total. The van der Waals surface area contributed by atoms with Crippen LogP contribution in [0.5, 0.6) is 0 Å². The Labute approximate surface area is 82.5 Å². The maximum atomic E-state index is 9.35. The SMILES string of the molecule is OC[C@H]1O[C@H](O)[C@@](O)(Br)[C@@H](O)[C@@H]1O. The topological polar surface area (TPSA) is 110 Å². The highest BCUT2D eigenvalue weighted by Crippen LogP contribution is 2.33. The second-order valence-electron chi connectivity index (χ2n) is 2.87. The van der Waals surface area contributed by atoms with E-state index in [1.165, 1.54) is 0 Å². The monoisotopic (exact) mass is 258 g/mol. The van der Waals surface area contributed by atoms with E-state index >= 15 is 0 Å². The molecule has 5 atom stereocenters. The summed E-state index contributed by atoms with van der Waals surface area (Å²) in [6, 6.07) is 0. The smallest absolute Gasteiger partial charge is 0.199 e. The van der Waals surface area contributed by atoms with E-state index in [4.69, 9.17) is 10.2 Å². The number of alkyl halides is 1. The molecule has 1 fully saturated rings. The van der Waals surface area contributed by atoms with Crippen LogP contribution in [0.4, 0.5) is 0 Å².